The van der Waals surface area contributed by atoms with Crippen LogP contribution >= 0.6 is 0 Å². The summed E-state index contributed by atoms with van der Waals surface area (Å²) in [5.74, 6) is -0.613. The lowest BCUT2D eigenvalue weighted by atomic mass is 9.85. The Morgan fingerprint density at radius 1 is 1.32 bits per heavy atom. The van der Waals surface area contributed by atoms with Crippen LogP contribution in [0.1, 0.15) is 52.4 Å². The molecule has 0 heterocycles. The molecule has 0 bridgehead atoms. The first-order chi connectivity index (χ1) is 8.97. The molecule has 1 N–H and O–H groups in total. The molecular formula is C15H25NO3. The number of hydrogen-bond donors (Lipinski definition) is 1. The van der Waals surface area contributed by atoms with Gasteiger partial charge in [-0.2, -0.15) is 0 Å². The van der Waals surface area contributed by atoms with Crippen LogP contribution in [-0.4, -0.2) is 25.0 Å². The van der Waals surface area contributed by atoms with Gasteiger partial charge < -0.3 is 10.1 Å². The molecule has 0 aliphatic heterocycles. The number of methoxy groups -OCH3 is 1. The van der Waals surface area contributed by atoms with Crippen molar-refractivity contribution in [1.29, 1.82) is 0 Å². The van der Waals surface area contributed by atoms with Gasteiger partial charge in [0.15, 0.2) is 0 Å². The molecule has 1 atom stereocenters. The summed E-state index contributed by atoms with van der Waals surface area (Å²) < 4.78 is 4.68. The highest BCUT2D eigenvalue weighted by Crippen LogP contribution is 2.40. The Morgan fingerprint density at radius 2 is 1.95 bits per heavy atom. The highest BCUT2D eigenvalue weighted by Gasteiger charge is 2.27. The van der Waals surface area contributed by atoms with Gasteiger partial charge in [-0.1, -0.05) is 31.9 Å². The summed E-state index contributed by atoms with van der Waals surface area (Å²) in [4.78, 5) is 22.5. The van der Waals surface area contributed by atoms with E-state index in [9.17, 15) is 9.59 Å². The molecule has 4 nitrogen and oxygen atoms in total. The molecule has 1 amide bonds. The van der Waals surface area contributed by atoms with E-state index in [-0.39, 0.29) is 5.91 Å². The Bertz CT molecular complexity index is 343. The number of allylic oxidation sites excluding steroid dienone is 1. The molecule has 0 aromatic heterocycles. The Labute approximate surface area is 115 Å². The van der Waals surface area contributed by atoms with E-state index in [0.29, 0.717) is 11.8 Å². The molecule has 0 aromatic carbocycles. The Balaban J connectivity index is 2.42. The van der Waals surface area contributed by atoms with Crippen LogP contribution < -0.4 is 5.32 Å². The van der Waals surface area contributed by atoms with Crippen LogP contribution in [0.5, 0.6) is 0 Å². The molecule has 1 aliphatic rings. The molecule has 1 rings (SSSR count). The molecule has 4 heteroatoms. The fourth-order valence-corrected chi connectivity index (χ4v) is 2.63. The molecule has 0 radical (unpaired) electrons. The van der Waals surface area contributed by atoms with E-state index < -0.39 is 12.0 Å². The van der Waals surface area contributed by atoms with E-state index in [2.05, 4.69) is 23.1 Å². The van der Waals surface area contributed by atoms with Crippen LogP contribution in [0.15, 0.2) is 12.2 Å². The Hall–Kier alpha value is -1.32. The Morgan fingerprint density at radius 3 is 2.47 bits per heavy atom. The van der Waals surface area contributed by atoms with E-state index in [1.165, 1.54) is 39.7 Å². The van der Waals surface area contributed by atoms with Crippen LogP contribution in [0.3, 0.4) is 0 Å². The molecular weight excluding hydrogens is 242 g/mol. The van der Waals surface area contributed by atoms with Crippen molar-refractivity contribution in [1.82, 2.24) is 5.32 Å². The monoisotopic (exact) mass is 267 g/mol. The number of esters is 1. The largest absolute Gasteiger partial charge is 0.467 e. The number of hydrogen-bond acceptors (Lipinski definition) is 3. The molecule has 0 unspecified atom stereocenters. The second-order valence-electron chi connectivity index (χ2n) is 5.71. The zero-order chi connectivity index (χ0) is 14.3. The van der Waals surface area contributed by atoms with Crippen molar-refractivity contribution in [2.24, 2.45) is 5.41 Å². The highest BCUT2D eigenvalue weighted by atomic mass is 16.5. The van der Waals surface area contributed by atoms with E-state index in [0.717, 1.165) is 6.42 Å². The maximum atomic E-state index is 11.5. The number of carbonyl (C=O) groups is 2. The number of amides is 1. The standard InChI is InChI=1S/C15H25NO3/c1-12(17)16-13(14(18)19-3)8-4-5-9-15(2)10-6-7-11-15/h4-5,13H,6-11H2,1-3H3,(H,16,17)/b5-4+/t13-/m0/s1. The predicted molar refractivity (Wildman–Crippen MR) is 74.6 cm³/mol. The number of ether oxygens (including phenoxy) is 1. The average molecular weight is 267 g/mol. The van der Waals surface area contributed by atoms with Gasteiger partial charge in [0.1, 0.15) is 6.04 Å². The van der Waals surface area contributed by atoms with Crippen LogP contribution in [0, 0.1) is 5.41 Å². The fourth-order valence-electron chi connectivity index (χ4n) is 2.63. The van der Waals surface area contributed by atoms with Gasteiger partial charge in [0.25, 0.3) is 0 Å². The van der Waals surface area contributed by atoms with E-state index in [4.69, 9.17) is 0 Å². The van der Waals surface area contributed by atoms with Crippen molar-refractivity contribution < 1.29 is 14.3 Å². The molecule has 0 spiro atoms. The fraction of sp³-hybridized carbons (Fsp3) is 0.733. The van der Waals surface area contributed by atoms with Gasteiger partial charge in [0.2, 0.25) is 5.91 Å². The van der Waals surface area contributed by atoms with Crippen molar-refractivity contribution in [2.45, 2.75) is 58.4 Å². The van der Waals surface area contributed by atoms with Gasteiger partial charge in [-0.25, -0.2) is 4.79 Å². The second-order valence-corrected chi connectivity index (χ2v) is 5.71. The third-order valence-corrected chi connectivity index (χ3v) is 3.82. The summed E-state index contributed by atoms with van der Waals surface area (Å²) in [7, 11) is 1.33. The highest BCUT2D eigenvalue weighted by molar-refractivity contribution is 5.83. The SMILES string of the molecule is COC(=O)[C@H](C/C=C/CC1(C)CCCC1)NC(C)=O. The number of carbonyl (C=O) groups excluding carboxylic acids is 2. The van der Waals surface area contributed by atoms with Crippen LogP contribution in [0.25, 0.3) is 0 Å². The van der Waals surface area contributed by atoms with Gasteiger partial charge in [-0.15, -0.1) is 0 Å². The predicted octanol–water partition coefficient (Wildman–Crippen LogP) is 2.58. The summed E-state index contributed by atoms with van der Waals surface area (Å²) in [6.07, 6.45) is 10.8. The molecule has 19 heavy (non-hydrogen) atoms. The second kappa shape index (κ2) is 7.31. The molecule has 0 aromatic rings. The molecule has 1 saturated carbocycles. The third-order valence-electron chi connectivity index (χ3n) is 3.82. The maximum absolute atomic E-state index is 11.5. The first-order valence-electron chi connectivity index (χ1n) is 6.97. The summed E-state index contributed by atoms with van der Waals surface area (Å²) in [6.45, 7) is 3.72. The molecule has 108 valence electrons. The van der Waals surface area contributed by atoms with Gasteiger partial charge in [-0.3, -0.25) is 4.79 Å². The molecule has 1 aliphatic carbocycles. The van der Waals surface area contributed by atoms with Gasteiger partial charge in [-0.05, 0) is 31.1 Å². The van der Waals surface area contributed by atoms with Crippen LogP contribution in [-0.2, 0) is 14.3 Å². The topological polar surface area (TPSA) is 55.4 Å². The van der Waals surface area contributed by atoms with Crippen molar-refractivity contribution in [3.63, 3.8) is 0 Å². The van der Waals surface area contributed by atoms with Crippen molar-refractivity contribution in [3.05, 3.63) is 12.2 Å². The lowest BCUT2D eigenvalue weighted by Gasteiger charge is -2.21. The van der Waals surface area contributed by atoms with E-state index in [1.807, 2.05) is 6.08 Å². The summed E-state index contributed by atoms with van der Waals surface area (Å²) in [5, 5.41) is 2.60. The van der Waals surface area contributed by atoms with Gasteiger partial charge >= 0.3 is 5.97 Å². The lowest BCUT2D eigenvalue weighted by molar-refractivity contribution is -0.144. The van der Waals surface area contributed by atoms with E-state index in [1.54, 1.807) is 0 Å². The first-order valence-corrected chi connectivity index (χ1v) is 6.97. The normalized spacial score (nSPS) is 19.3. The first kappa shape index (κ1) is 15.7. The number of nitrogens with one attached hydrogen (secondary N) is 1. The zero-order valence-electron chi connectivity index (χ0n) is 12.2. The summed E-state index contributed by atoms with van der Waals surface area (Å²) >= 11 is 0. The summed E-state index contributed by atoms with van der Waals surface area (Å²) in [6, 6.07) is -0.574. The smallest absolute Gasteiger partial charge is 0.328 e. The van der Waals surface area contributed by atoms with Crippen molar-refractivity contribution >= 4 is 11.9 Å². The molecule has 1 fully saturated rings. The third kappa shape index (κ3) is 5.45. The van der Waals surface area contributed by atoms with Crippen molar-refractivity contribution in [3.8, 4) is 0 Å². The quantitative estimate of drug-likeness (QED) is 0.594. The minimum atomic E-state index is -0.574. The molecule has 0 saturated heterocycles. The maximum Gasteiger partial charge on any atom is 0.328 e. The average Bonchev–Trinajstić information content (AvgIpc) is 2.79. The van der Waals surface area contributed by atoms with Gasteiger partial charge in [0, 0.05) is 6.92 Å². The zero-order valence-corrected chi connectivity index (χ0v) is 12.2. The lowest BCUT2D eigenvalue weighted by Crippen LogP contribution is -2.39. The summed E-state index contributed by atoms with van der Waals surface area (Å²) in [5.41, 5.74) is 0.422. The van der Waals surface area contributed by atoms with Gasteiger partial charge in [0.05, 0.1) is 7.11 Å². The van der Waals surface area contributed by atoms with E-state index >= 15 is 0 Å². The van der Waals surface area contributed by atoms with Crippen LogP contribution in [0.2, 0.25) is 0 Å². The Kier molecular flexibility index (Phi) is 6.06. The minimum absolute atomic E-state index is 0.216. The minimum Gasteiger partial charge on any atom is -0.467 e. The van der Waals surface area contributed by atoms with Crippen LogP contribution in [0.4, 0.5) is 0 Å². The van der Waals surface area contributed by atoms with Crippen molar-refractivity contribution in [2.75, 3.05) is 7.11 Å². The number of rotatable bonds is 6.